The average Bonchev–Trinajstić information content (AvgIpc) is 2.72. The summed E-state index contributed by atoms with van der Waals surface area (Å²) in [7, 11) is 0. The Labute approximate surface area is 121 Å². The van der Waals surface area contributed by atoms with Gasteiger partial charge in [0.1, 0.15) is 5.82 Å². The first-order valence-corrected chi connectivity index (χ1v) is 6.83. The first-order chi connectivity index (χ1) is 9.99. The summed E-state index contributed by atoms with van der Waals surface area (Å²) in [5.74, 6) is -1.06. The third-order valence-electron chi connectivity index (χ3n) is 3.79. The molecule has 6 nitrogen and oxygen atoms in total. The summed E-state index contributed by atoms with van der Waals surface area (Å²) in [5, 5.41) is 21.4. The van der Waals surface area contributed by atoms with Crippen molar-refractivity contribution in [1.82, 2.24) is 0 Å². The van der Waals surface area contributed by atoms with Crippen LogP contribution in [0.25, 0.3) is 0 Å². The molecule has 1 fully saturated rings. The topological polar surface area (TPSA) is 82.0 Å². The van der Waals surface area contributed by atoms with Gasteiger partial charge in [0.05, 0.1) is 24.5 Å². The van der Waals surface area contributed by atoms with E-state index in [1.807, 2.05) is 6.92 Å². The lowest BCUT2D eigenvalue weighted by molar-refractivity contribution is -0.123. The van der Waals surface area contributed by atoms with Gasteiger partial charge in [-0.1, -0.05) is 0 Å². The van der Waals surface area contributed by atoms with Gasteiger partial charge >= 0.3 is 0 Å². The van der Waals surface area contributed by atoms with Gasteiger partial charge in [-0.25, -0.2) is 4.39 Å². The molecular weight excluding hydrogens is 279 g/mol. The highest BCUT2D eigenvalue weighted by atomic mass is 19.1. The summed E-state index contributed by atoms with van der Waals surface area (Å²) in [6.07, 6.45) is -1.83. The molecule has 2 heterocycles. The molecule has 114 valence electrons. The van der Waals surface area contributed by atoms with Crippen molar-refractivity contribution in [3.8, 4) is 0 Å². The average molecular weight is 296 g/mol. The van der Waals surface area contributed by atoms with Gasteiger partial charge in [0.15, 0.2) is 6.10 Å². The predicted molar refractivity (Wildman–Crippen MR) is 73.6 cm³/mol. The van der Waals surface area contributed by atoms with Gasteiger partial charge in [-0.15, -0.1) is 0 Å². The van der Waals surface area contributed by atoms with Gasteiger partial charge in [-0.2, -0.15) is 0 Å². The lowest BCUT2D eigenvalue weighted by Crippen LogP contribution is -2.48. The number of anilines is 2. The van der Waals surface area contributed by atoms with Crippen LogP contribution in [-0.2, 0) is 9.53 Å². The molecule has 1 saturated heterocycles. The highest BCUT2D eigenvalue weighted by Gasteiger charge is 2.32. The van der Waals surface area contributed by atoms with Gasteiger partial charge in [0, 0.05) is 24.3 Å². The number of amides is 1. The number of halogens is 1. The maximum atomic E-state index is 14.3. The van der Waals surface area contributed by atoms with E-state index in [1.165, 1.54) is 12.1 Å². The van der Waals surface area contributed by atoms with E-state index in [9.17, 15) is 19.4 Å². The third kappa shape index (κ3) is 2.48. The van der Waals surface area contributed by atoms with Crippen LogP contribution in [0, 0.1) is 5.82 Å². The molecule has 21 heavy (non-hydrogen) atoms. The van der Waals surface area contributed by atoms with Crippen molar-refractivity contribution >= 4 is 17.3 Å². The second-order valence-corrected chi connectivity index (χ2v) is 5.44. The van der Waals surface area contributed by atoms with Crippen molar-refractivity contribution in [1.29, 1.82) is 0 Å². The number of nitrogens with one attached hydrogen (secondary N) is 1. The van der Waals surface area contributed by atoms with Gasteiger partial charge in [0.2, 0.25) is 0 Å². The van der Waals surface area contributed by atoms with Crippen LogP contribution < -0.4 is 10.2 Å². The molecule has 1 aromatic rings. The van der Waals surface area contributed by atoms with Crippen LogP contribution in [0.4, 0.5) is 15.8 Å². The Bertz CT molecular complexity index is 580. The van der Waals surface area contributed by atoms with E-state index in [2.05, 4.69) is 5.32 Å². The van der Waals surface area contributed by atoms with Crippen molar-refractivity contribution in [2.45, 2.75) is 25.2 Å². The molecule has 0 aromatic heterocycles. The first-order valence-electron chi connectivity index (χ1n) is 6.83. The summed E-state index contributed by atoms with van der Waals surface area (Å²) >= 11 is 0. The summed E-state index contributed by atoms with van der Waals surface area (Å²) in [6.45, 7) is 2.57. The monoisotopic (exact) mass is 296 g/mol. The van der Waals surface area contributed by atoms with Crippen molar-refractivity contribution in [3.63, 3.8) is 0 Å². The number of aliphatic hydroxyl groups is 2. The van der Waals surface area contributed by atoms with Crippen LogP contribution >= 0.6 is 0 Å². The number of hydrogen-bond acceptors (Lipinski definition) is 5. The Hall–Kier alpha value is -1.70. The number of nitrogens with zero attached hydrogens (tertiary/aromatic N) is 1. The maximum Gasteiger partial charge on any atom is 0.257 e. The van der Waals surface area contributed by atoms with E-state index in [0.29, 0.717) is 24.5 Å². The lowest BCUT2D eigenvalue weighted by atomic mass is 10.1. The molecule has 3 unspecified atom stereocenters. The van der Waals surface area contributed by atoms with Crippen LogP contribution in [0.3, 0.4) is 0 Å². The van der Waals surface area contributed by atoms with Crippen molar-refractivity contribution in [2.75, 3.05) is 29.9 Å². The zero-order chi connectivity index (χ0) is 15.1. The van der Waals surface area contributed by atoms with E-state index in [0.717, 1.165) is 0 Å². The van der Waals surface area contributed by atoms with Crippen LogP contribution in [0.1, 0.15) is 18.6 Å². The van der Waals surface area contributed by atoms with E-state index < -0.39 is 17.8 Å². The number of ether oxygens (including phenoxy) is 1. The molecule has 1 aromatic carbocycles. The summed E-state index contributed by atoms with van der Waals surface area (Å²) in [4.78, 5) is 13.2. The number of morpholine rings is 1. The van der Waals surface area contributed by atoms with Crippen LogP contribution in [0.15, 0.2) is 12.1 Å². The predicted octanol–water partition coefficient (Wildman–Crippen LogP) is 0.397. The van der Waals surface area contributed by atoms with E-state index in [1.54, 1.807) is 4.90 Å². The van der Waals surface area contributed by atoms with Gasteiger partial charge in [-0.3, -0.25) is 4.79 Å². The normalized spacial score (nSPS) is 28.5. The number of benzene rings is 1. The quantitative estimate of drug-likeness (QED) is 0.736. The molecular formula is C14H17FN2O4. The second kappa shape index (κ2) is 5.25. The number of carbonyl (C=O) groups is 1. The van der Waals surface area contributed by atoms with Crippen molar-refractivity contribution in [3.05, 3.63) is 23.5 Å². The zero-order valence-electron chi connectivity index (χ0n) is 11.5. The zero-order valence-corrected chi connectivity index (χ0v) is 11.5. The molecule has 0 bridgehead atoms. The standard InChI is InChI=1S/C14H17FN2O4/c1-7-4-17(5-8(6-18)21-7)12-3-11-9(2-10(12)15)13(19)14(20)16-11/h2-3,7-8,13,18-19H,4-6H2,1H3,(H,16,20). The Morgan fingerprint density at radius 2 is 2.24 bits per heavy atom. The number of aliphatic hydroxyl groups excluding tert-OH is 2. The van der Waals surface area contributed by atoms with Crippen molar-refractivity contribution < 1.29 is 24.1 Å². The molecule has 7 heteroatoms. The largest absolute Gasteiger partial charge is 0.394 e. The minimum Gasteiger partial charge on any atom is -0.394 e. The molecule has 3 N–H and O–H groups in total. The van der Waals surface area contributed by atoms with E-state index >= 15 is 0 Å². The fourth-order valence-electron chi connectivity index (χ4n) is 2.84. The summed E-state index contributed by atoms with van der Waals surface area (Å²) < 4.78 is 19.8. The fraction of sp³-hybridized carbons (Fsp3) is 0.500. The van der Waals surface area contributed by atoms with E-state index in [-0.39, 0.29) is 24.4 Å². The number of hydrogen-bond donors (Lipinski definition) is 3. The first kappa shape index (κ1) is 14.2. The molecule has 0 saturated carbocycles. The smallest absolute Gasteiger partial charge is 0.257 e. The van der Waals surface area contributed by atoms with E-state index in [4.69, 9.17) is 4.74 Å². The Morgan fingerprint density at radius 1 is 1.48 bits per heavy atom. The third-order valence-corrected chi connectivity index (χ3v) is 3.79. The van der Waals surface area contributed by atoms with Crippen LogP contribution in [0.5, 0.6) is 0 Å². The molecule has 0 aliphatic carbocycles. The van der Waals surface area contributed by atoms with Gasteiger partial charge in [-0.05, 0) is 19.1 Å². The van der Waals surface area contributed by atoms with Gasteiger partial charge < -0.3 is 25.2 Å². The molecule has 2 aliphatic rings. The van der Waals surface area contributed by atoms with Crippen LogP contribution in [0.2, 0.25) is 0 Å². The molecule has 3 rings (SSSR count). The highest BCUT2D eigenvalue weighted by Crippen LogP contribution is 2.36. The maximum absolute atomic E-state index is 14.3. The Kier molecular flexibility index (Phi) is 3.56. The number of fused-ring (bicyclic) bond motifs is 1. The molecule has 2 aliphatic heterocycles. The Morgan fingerprint density at radius 3 is 2.95 bits per heavy atom. The molecule has 0 spiro atoms. The van der Waals surface area contributed by atoms with Gasteiger partial charge in [0.25, 0.3) is 5.91 Å². The lowest BCUT2D eigenvalue weighted by Gasteiger charge is -2.37. The summed E-state index contributed by atoms with van der Waals surface area (Å²) in [5.41, 5.74) is 1.00. The minimum atomic E-state index is -1.32. The molecule has 3 atom stereocenters. The fourth-order valence-corrected chi connectivity index (χ4v) is 2.84. The molecule has 1 amide bonds. The summed E-state index contributed by atoms with van der Waals surface area (Å²) in [6, 6.07) is 2.70. The SMILES string of the molecule is CC1CN(c2cc3c(cc2F)C(O)C(=O)N3)CC(CO)O1. The Balaban J connectivity index is 1.93. The minimum absolute atomic E-state index is 0.135. The molecule has 0 radical (unpaired) electrons. The van der Waals surface area contributed by atoms with Crippen molar-refractivity contribution in [2.24, 2.45) is 0 Å². The number of rotatable bonds is 2. The second-order valence-electron chi connectivity index (χ2n) is 5.44. The van der Waals surface area contributed by atoms with Crippen LogP contribution in [-0.4, -0.2) is 48.0 Å². The highest BCUT2D eigenvalue weighted by molar-refractivity contribution is 6.02. The number of carbonyl (C=O) groups excluding carboxylic acids is 1.